The summed E-state index contributed by atoms with van der Waals surface area (Å²) < 4.78 is 54.9. The first-order valence-electron chi connectivity index (χ1n) is 7.76. The molecule has 2 aromatic heterocycles. The number of nitrogens with one attached hydrogen (secondary N) is 2. The number of aromatic nitrogens is 3. The van der Waals surface area contributed by atoms with Gasteiger partial charge in [-0.15, -0.1) is 0 Å². The highest BCUT2D eigenvalue weighted by Crippen LogP contribution is 2.23. The number of benzene rings is 2. The lowest BCUT2D eigenvalue weighted by Gasteiger charge is -2.07. The summed E-state index contributed by atoms with van der Waals surface area (Å²) in [4.78, 5) is 11.4. The molecule has 0 radical (unpaired) electrons. The van der Waals surface area contributed by atoms with E-state index in [1.54, 1.807) is 24.3 Å². The highest BCUT2D eigenvalue weighted by Gasteiger charge is 2.12. The van der Waals surface area contributed by atoms with Crippen LogP contribution in [0, 0.1) is 17.6 Å². The van der Waals surface area contributed by atoms with Gasteiger partial charge in [-0.2, -0.15) is 4.39 Å². The van der Waals surface area contributed by atoms with Crippen molar-refractivity contribution >= 4 is 27.7 Å². The zero-order valence-corrected chi connectivity index (χ0v) is 14.4. The van der Waals surface area contributed by atoms with Gasteiger partial charge in [0.2, 0.25) is 5.95 Å². The lowest BCUT2D eigenvalue weighted by Crippen LogP contribution is -2.06. The zero-order valence-electron chi connectivity index (χ0n) is 13.5. The fourth-order valence-electron chi connectivity index (χ4n) is 2.50. The highest BCUT2D eigenvalue weighted by molar-refractivity contribution is 7.86. The minimum Gasteiger partial charge on any atom is -0.337 e. The molecule has 0 fully saturated rings. The highest BCUT2D eigenvalue weighted by atomic mass is 32.2. The van der Waals surface area contributed by atoms with Gasteiger partial charge in [0.25, 0.3) is 0 Å². The summed E-state index contributed by atoms with van der Waals surface area (Å²) in [6.45, 7) is 0. The SMILES string of the molecule is O=S(Nc1ccc(F)cc1F)c1ccc2nc(-c3cccc(F)n3)[nH]c2c1. The third kappa shape index (κ3) is 3.54. The lowest BCUT2D eigenvalue weighted by molar-refractivity contribution is 0.584. The number of hydrogen-bond acceptors (Lipinski definition) is 3. The van der Waals surface area contributed by atoms with Crippen LogP contribution in [0.2, 0.25) is 0 Å². The Morgan fingerprint density at radius 1 is 0.963 bits per heavy atom. The number of nitrogens with zero attached hydrogens (tertiary/aromatic N) is 2. The standard InChI is InChI=1S/C18H11F3N4OS/c19-10-4-6-13(12(20)8-10)25-27(26)11-5-7-14-16(9-11)24-18(23-14)15-2-1-3-17(21)22-15/h1-9,25H,(H,23,24). The quantitative estimate of drug-likeness (QED) is 0.516. The van der Waals surface area contributed by atoms with E-state index < -0.39 is 28.6 Å². The van der Waals surface area contributed by atoms with Crippen LogP contribution in [0.1, 0.15) is 0 Å². The maximum absolute atomic E-state index is 13.7. The van der Waals surface area contributed by atoms with Crippen molar-refractivity contribution in [3.63, 3.8) is 0 Å². The molecule has 2 N–H and O–H groups in total. The fourth-order valence-corrected chi connectivity index (χ4v) is 3.40. The summed E-state index contributed by atoms with van der Waals surface area (Å²) in [5.74, 6) is -1.82. The maximum Gasteiger partial charge on any atom is 0.213 e. The molecule has 4 aromatic rings. The molecule has 136 valence electrons. The molecule has 9 heteroatoms. The molecular weight excluding hydrogens is 377 g/mol. The van der Waals surface area contributed by atoms with Gasteiger partial charge >= 0.3 is 0 Å². The predicted molar refractivity (Wildman–Crippen MR) is 95.7 cm³/mol. The van der Waals surface area contributed by atoms with Crippen molar-refractivity contribution in [1.82, 2.24) is 15.0 Å². The Morgan fingerprint density at radius 3 is 2.59 bits per heavy atom. The largest absolute Gasteiger partial charge is 0.337 e. The molecule has 4 rings (SSSR count). The van der Waals surface area contributed by atoms with E-state index in [1.807, 2.05) is 0 Å². The molecule has 5 nitrogen and oxygen atoms in total. The van der Waals surface area contributed by atoms with Crippen LogP contribution in [-0.2, 0) is 11.0 Å². The summed E-state index contributed by atoms with van der Waals surface area (Å²) in [6.07, 6.45) is 0. The number of hydrogen-bond donors (Lipinski definition) is 2. The Labute approximate surface area is 153 Å². The van der Waals surface area contributed by atoms with E-state index in [-0.39, 0.29) is 5.69 Å². The van der Waals surface area contributed by atoms with E-state index in [1.165, 1.54) is 18.2 Å². The van der Waals surface area contributed by atoms with Crippen LogP contribution in [0.25, 0.3) is 22.6 Å². The Kier molecular flexibility index (Phi) is 4.36. The molecule has 0 aliphatic rings. The molecule has 0 bridgehead atoms. The van der Waals surface area contributed by atoms with Gasteiger partial charge in [0.05, 0.1) is 21.6 Å². The summed E-state index contributed by atoms with van der Waals surface area (Å²) in [6, 6.07) is 12.1. The Morgan fingerprint density at radius 2 is 1.81 bits per heavy atom. The number of fused-ring (bicyclic) bond motifs is 1. The average Bonchev–Trinajstić information content (AvgIpc) is 3.07. The molecule has 1 atom stereocenters. The number of pyridine rings is 1. The van der Waals surface area contributed by atoms with E-state index in [0.717, 1.165) is 6.07 Å². The fraction of sp³-hybridized carbons (Fsp3) is 0. The maximum atomic E-state index is 13.7. The van der Waals surface area contributed by atoms with Crippen LogP contribution in [0.15, 0.2) is 59.5 Å². The smallest absolute Gasteiger partial charge is 0.213 e. The summed E-state index contributed by atoms with van der Waals surface area (Å²) in [5, 5.41) is 0. The number of aromatic amines is 1. The Bertz CT molecular complexity index is 1180. The first-order chi connectivity index (χ1) is 13.0. The normalized spacial score (nSPS) is 12.3. The van der Waals surface area contributed by atoms with Crippen LogP contribution >= 0.6 is 0 Å². The number of anilines is 1. The number of rotatable bonds is 4. The Balaban J connectivity index is 1.64. The average molecular weight is 388 g/mol. The van der Waals surface area contributed by atoms with Crippen molar-refractivity contribution in [3.8, 4) is 11.5 Å². The number of H-pyrrole nitrogens is 1. The molecule has 27 heavy (non-hydrogen) atoms. The molecule has 0 saturated heterocycles. The first kappa shape index (κ1) is 17.2. The van der Waals surface area contributed by atoms with E-state index in [2.05, 4.69) is 19.7 Å². The van der Waals surface area contributed by atoms with Gasteiger partial charge in [-0.3, -0.25) is 4.72 Å². The van der Waals surface area contributed by atoms with Crippen LogP contribution in [0.5, 0.6) is 0 Å². The van der Waals surface area contributed by atoms with Crippen LogP contribution in [-0.4, -0.2) is 19.2 Å². The minimum absolute atomic E-state index is 0.0795. The van der Waals surface area contributed by atoms with Gasteiger partial charge in [-0.25, -0.2) is 23.0 Å². The summed E-state index contributed by atoms with van der Waals surface area (Å²) >= 11 is 0. The molecule has 0 aliphatic heterocycles. The van der Waals surface area contributed by atoms with Gasteiger partial charge in [0.1, 0.15) is 28.3 Å². The van der Waals surface area contributed by atoms with Gasteiger partial charge in [-0.05, 0) is 42.5 Å². The van der Waals surface area contributed by atoms with Crippen molar-refractivity contribution in [1.29, 1.82) is 0 Å². The lowest BCUT2D eigenvalue weighted by atomic mass is 10.3. The molecule has 0 amide bonds. The van der Waals surface area contributed by atoms with Gasteiger partial charge in [0, 0.05) is 6.07 Å². The third-order valence-corrected chi connectivity index (χ3v) is 4.85. The molecule has 0 saturated carbocycles. The number of halogens is 3. The van der Waals surface area contributed by atoms with E-state index in [0.29, 0.717) is 33.5 Å². The number of imidazole rings is 1. The second-order valence-corrected chi connectivity index (χ2v) is 6.82. The predicted octanol–water partition coefficient (Wildman–Crippen LogP) is 4.18. The van der Waals surface area contributed by atoms with Gasteiger partial charge in [0.15, 0.2) is 5.82 Å². The first-order valence-corrected chi connectivity index (χ1v) is 8.91. The van der Waals surface area contributed by atoms with Crippen LogP contribution < -0.4 is 4.72 Å². The summed E-state index contributed by atoms with van der Waals surface area (Å²) in [7, 11) is -1.78. The second kappa shape index (κ2) is 6.84. The Hall–Kier alpha value is -3.20. The van der Waals surface area contributed by atoms with E-state index in [9.17, 15) is 17.4 Å². The molecular formula is C18H11F3N4OS. The van der Waals surface area contributed by atoms with Crippen LogP contribution in [0.3, 0.4) is 0 Å². The van der Waals surface area contributed by atoms with Crippen molar-refractivity contribution in [2.45, 2.75) is 4.90 Å². The topological polar surface area (TPSA) is 70.7 Å². The zero-order chi connectivity index (χ0) is 19.0. The molecule has 2 heterocycles. The molecule has 1 unspecified atom stereocenters. The van der Waals surface area contributed by atoms with Crippen molar-refractivity contribution in [2.75, 3.05) is 4.72 Å². The second-order valence-electron chi connectivity index (χ2n) is 5.60. The molecule has 0 spiro atoms. The minimum atomic E-state index is -1.78. The summed E-state index contributed by atoms with van der Waals surface area (Å²) in [5.41, 5.74) is 1.39. The van der Waals surface area contributed by atoms with E-state index in [4.69, 9.17) is 0 Å². The van der Waals surface area contributed by atoms with Gasteiger partial charge in [-0.1, -0.05) is 6.07 Å². The monoisotopic (exact) mass is 388 g/mol. The van der Waals surface area contributed by atoms with Crippen LogP contribution in [0.4, 0.5) is 18.9 Å². The molecule has 0 aliphatic carbocycles. The van der Waals surface area contributed by atoms with Crippen molar-refractivity contribution in [3.05, 3.63) is 72.2 Å². The van der Waals surface area contributed by atoms with Crippen molar-refractivity contribution < 1.29 is 17.4 Å². The van der Waals surface area contributed by atoms with Crippen molar-refractivity contribution in [2.24, 2.45) is 0 Å². The molecule has 2 aromatic carbocycles. The third-order valence-electron chi connectivity index (χ3n) is 3.76. The van der Waals surface area contributed by atoms with E-state index >= 15 is 0 Å². The van der Waals surface area contributed by atoms with Gasteiger partial charge < -0.3 is 4.98 Å².